The van der Waals surface area contributed by atoms with Gasteiger partial charge in [0.25, 0.3) is 0 Å². The van der Waals surface area contributed by atoms with Crippen LogP contribution in [0.5, 0.6) is 0 Å². The highest BCUT2D eigenvalue weighted by atomic mass is 15.3. The Kier molecular flexibility index (Phi) is 9.95. The molecule has 0 amide bonds. The van der Waals surface area contributed by atoms with Crippen molar-refractivity contribution in [2.75, 3.05) is 27.7 Å². The molecule has 0 bridgehead atoms. The molecule has 0 fully saturated rings. The lowest BCUT2D eigenvalue weighted by Crippen LogP contribution is -2.40. The van der Waals surface area contributed by atoms with Crippen LogP contribution in [-0.4, -0.2) is 56.9 Å². The second kappa shape index (κ2) is 12.9. The second-order valence-corrected chi connectivity index (χ2v) is 8.30. The van der Waals surface area contributed by atoms with E-state index in [1.807, 2.05) is 32.3 Å². The SMILES string of the molecule is CN=CC(=CN)CN=C(N)/C(=C\NC)C1=CC2C(=CC=C(N/C(N)=C/C(=C\N)C(C)C)N2C)N=C1. The summed E-state index contributed by atoms with van der Waals surface area (Å²) in [5.74, 6) is 1.96. The van der Waals surface area contributed by atoms with E-state index in [2.05, 4.69) is 50.4 Å². The Morgan fingerprint density at radius 3 is 2.57 bits per heavy atom. The summed E-state index contributed by atoms with van der Waals surface area (Å²) in [5.41, 5.74) is 28.1. The number of allylic oxidation sites excluding steroid dienone is 4. The molecule has 2 aliphatic rings. The Morgan fingerprint density at radius 1 is 1.23 bits per heavy atom. The molecule has 2 rings (SSSR count). The third-order valence-corrected chi connectivity index (χ3v) is 5.47. The van der Waals surface area contributed by atoms with Crippen molar-refractivity contribution in [3.05, 3.63) is 82.5 Å². The molecule has 188 valence electrons. The van der Waals surface area contributed by atoms with Gasteiger partial charge in [0, 0.05) is 62.7 Å². The summed E-state index contributed by atoms with van der Waals surface area (Å²) in [6.45, 7) is 4.44. The Morgan fingerprint density at radius 2 is 1.97 bits per heavy atom. The van der Waals surface area contributed by atoms with Gasteiger partial charge in [-0.05, 0) is 42.0 Å². The molecule has 10 N–H and O–H groups in total. The van der Waals surface area contributed by atoms with E-state index < -0.39 is 0 Å². The maximum Gasteiger partial charge on any atom is 0.128 e. The van der Waals surface area contributed by atoms with E-state index in [4.69, 9.17) is 22.9 Å². The quantitative estimate of drug-likeness (QED) is 0.154. The lowest BCUT2D eigenvalue weighted by molar-refractivity contribution is 0.356. The number of hydrogen-bond donors (Lipinski definition) is 6. The molecule has 0 spiro atoms. The fourth-order valence-corrected chi connectivity index (χ4v) is 3.48. The number of nitrogens with zero attached hydrogens (tertiary/aromatic N) is 4. The molecule has 2 aliphatic heterocycles. The summed E-state index contributed by atoms with van der Waals surface area (Å²) in [6.07, 6.45) is 16.1. The van der Waals surface area contributed by atoms with Crippen molar-refractivity contribution in [3.63, 3.8) is 0 Å². The van der Waals surface area contributed by atoms with Gasteiger partial charge < -0.3 is 38.5 Å². The normalized spacial score (nSPS) is 20.1. The van der Waals surface area contributed by atoms with Crippen molar-refractivity contribution < 1.29 is 0 Å². The summed E-state index contributed by atoms with van der Waals surface area (Å²) >= 11 is 0. The van der Waals surface area contributed by atoms with Crippen LogP contribution in [0.1, 0.15) is 13.8 Å². The molecule has 35 heavy (non-hydrogen) atoms. The first-order valence-corrected chi connectivity index (χ1v) is 11.3. The molecule has 0 aromatic carbocycles. The zero-order valence-corrected chi connectivity index (χ0v) is 21.2. The van der Waals surface area contributed by atoms with Crippen LogP contribution in [0.4, 0.5) is 0 Å². The van der Waals surface area contributed by atoms with Crippen molar-refractivity contribution >= 4 is 18.3 Å². The number of nitrogens with two attached hydrogens (primary N) is 4. The van der Waals surface area contributed by atoms with Gasteiger partial charge >= 0.3 is 0 Å². The van der Waals surface area contributed by atoms with Crippen LogP contribution >= 0.6 is 0 Å². The highest BCUT2D eigenvalue weighted by Crippen LogP contribution is 2.27. The van der Waals surface area contributed by atoms with Crippen LogP contribution in [-0.2, 0) is 0 Å². The Labute approximate surface area is 208 Å². The average molecular weight is 479 g/mol. The highest BCUT2D eigenvalue weighted by Gasteiger charge is 2.26. The topological polar surface area (TPSA) is 168 Å². The van der Waals surface area contributed by atoms with E-state index in [0.29, 0.717) is 18.2 Å². The van der Waals surface area contributed by atoms with Gasteiger partial charge in [-0.3, -0.25) is 15.0 Å². The van der Waals surface area contributed by atoms with Gasteiger partial charge in [0.2, 0.25) is 0 Å². The largest absolute Gasteiger partial charge is 0.404 e. The monoisotopic (exact) mass is 478 g/mol. The maximum atomic E-state index is 6.35. The van der Waals surface area contributed by atoms with Crippen LogP contribution in [0.25, 0.3) is 0 Å². The van der Waals surface area contributed by atoms with E-state index in [-0.39, 0.29) is 12.0 Å². The fourth-order valence-electron chi connectivity index (χ4n) is 3.48. The number of likely N-dealkylation sites (N-methyl/N-ethyl adjacent to an activating group) is 1. The van der Waals surface area contributed by atoms with E-state index in [0.717, 1.165) is 33.8 Å². The molecular formula is C25H38N10. The van der Waals surface area contributed by atoms with Crippen molar-refractivity contribution in [2.45, 2.75) is 19.9 Å². The number of rotatable bonds is 10. The van der Waals surface area contributed by atoms with Gasteiger partial charge in [0.05, 0.1) is 18.3 Å². The first-order valence-electron chi connectivity index (χ1n) is 11.3. The molecule has 0 aliphatic carbocycles. The minimum absolute atomic E-state index is 0.121. The summed E-state index contributed by atoms with van der Waals surface area (Å²) in [4.78, 5) is 15.2. The van der Waals surface area contributed by atoms with Gasteiger partial charge in [0.15, 0.2) is 0 Å². The predicted octanol–water partition coefficient (Wildman–Crippen LogP) is 0.929. The maximum absolute atomic E-state index is 6.35. The summed E-state index contributed by atoms with van der Waals surface area (Å²) in [5, 5.41) is 6.30. The Balaban J connectivity index is 2.29. The van der Waals surface area contributed by atoms with Crippen LogP contribution in [0.15, 0.2) is 97.5 Å². The van der Waals surface area contributed by atoms with Crippen LogP contribution in [0, 0.1) is 5.92 Å². The van der Waals surface area contributed by atoms with Crippen LogP contribution in [0.3, 0.4) is 0 Å². The number of hydrogen-bond acceptors (Lipinski definition) is 9. The molecule has 1 atom stereocenters. The smallest absolute Gasteiger partial charge is 0.128 e. The van der Waals surface area contributed by atoms with Crippen LogP contribution in [0.2, 0.25) is 0 Å². The summed E-state index contributed by atoms with van der Waals surface area (Å²) in [6, 6.07) is -0.121. The highest BCUT2D eigenvalue weighted by molar-refractivity contribution is 6.08. The molecule has 0 aromatic heterocycles. The number of aliphatic imine (C=N–C) groups is 3. The summed E-state index contributed by atoms with van der Waals surface area (Å²) < 4.78 is 0. The Bertz CT molecular complexity index is 1080. The van der Waals surface area contributed by atoms with E-state index in [1.165, 1.54) is 6.20 Å². The molecule has 1 unspecified atom stereocenters. The number of nitrogens with one attached hydrogen (secondary N) is 2. The minimum Gasteiger partial charge on any atom is -0.404 e. The first-order chi connectivity index (χ1) is 16.7. The van der Waals surface area contributed by atoms with Gasteiger partial charge in [0.1, 0.15) is 17.5 Å². The molecular weight excluding hydrogens is 440 g/mol. The Hall–Kier alpha value is -4.21. The fraction of sp³-hybridized carbons (Fsp3) is 0.320. The van der Waals surface area contributed by atoms with E-state index >= 15 is 0 Å². The third-order valence-electron chi connectivity index (χ3n) is 5.47. The lowest BCUT2D eigenvalue weighted by Gasteiger charge is -2.35. The minimum atomic E-state index is -0.121. The van der Waals surface area contributed by atoms with Crippen LogP contribution < -0.4 is 33.6 Å². The number of fused-ring (bicyclic) bond motifs is 1. The third kappa shape index (κ3) is 7.13. The van der Waals surface area contributed by atoms with Gasteiger partial charge in [-0.15, -0.1) is 0 Å². The number of amidine groups is 1. The molecule has 10 heteroatoms. The van der Waals surface area contributed by atoms with Crippen molar-refractivity contribution in [2.24, 2.45) is 43.8 Å². The van der Waals surface area contributed by atoms with Gasteiger partial charge in [-0.25, -0.2) is 0 Å². The molecule has 2 heterocycles. The van der Waals surface area contributed by atoms with E-state index in [1.54, 1.807) is 31.9 Å². The standard InChI is InChI=1S/C25H38N10/c1-16(2)18(11-27)9-23(28)34-24-7-6-21-22(35(24)5)8-19(14-32-21)20(15-31-4)25(29)33-13-17(10-26)12-30-3/h6-12,14-16,22,31,34H,13,26-28H2,1-5H3,(H2,29,33)/b17-10?,18-11+,20-15-,23-9+,30-12?. The molecule has 0 saturated carbocycles. The average Bonchev–Trinajstić information content (AvgIpc) is 2.84. The van der Waals surface area contributed by atoms with Crippen molar-refractivity contribution in [3.8, 4) is 0 Å². The second-order valence-electron chi connectivity index (χ2n) is 8.30. The zero-order valence-electron chi connectivity index (χ0n) is 21.2. The molecule has 10 nitrogen and oxygen atoms in total. The van der Waals surface area contributed by atoms with E-state index in [9.17, 15) is 0 Å². The van der Waals surface area contributed by atoms with Gasteiger partial charge in [-0.2, -0.15) is 0 Å². The predicted molar refractivity (Wildman–Crippen MR) is 147 cm³/mol. The zero-order chi connectivity index (χ0) is 26.0. The lowest BCUT2D eigenvalue weighted by atomic mass is 9.97. The molecule has 0 aromatic rings. The van der Waals surface area contributed by atoms with Crippen molar-refractivity contribution in [1.29, 1.82) is 0 Å². The first kappa shape index (κ1) is 27.0. The number of dihydropyridines is 1. The molecule has 0 saturated heterocycles. The summed E-state index contributed by atoms with van der Waals surface area (Å²) in [7, 11) is 5.46. The van der Waals surface area contributed by atoms with Gasteiger partial charge in [-0.1, -0.05) is 13.8 Å². The van der Waals surface area contributed by atoms with Crippen molar-refractivity contribution in [1.82, 2.24) is 15.5 Å². The molecule has 0 radical (unpaired) electrons.